The first-order valence-corrected chi connectivity index (χ1v) is 18.4. The number of alkyl carbamates (subject to hydrolysis) is 1. The van der Waals surface area contributed by atoms with Gasteiger partial charge in [-0.25, -0.2) is 19.8 Å². The maximum Gasteiger partial charge on any atom is 0.407 e. The Morgan fingerprint density at radius 1 is 0.862 bits per heavy atom. The molecule has 3 amide bonds. The summed E-state index contributed by atoms with van der Waals surface area (Å²) in [6.07, 6.45) is 5.65. The van der Waals surface area contributed by atoms with Crippen LogP contribution < -0.4 is 5.32 Å². The average Bonchev–Trinajstić information content (AvgIpc) is 4.00. The number of hydrogen-bond acceptors (Lipinski definition) is 9. The van der Waals surface area contributed by atoms with E-state index in [1.807, 2.05) is 75.1 Å². The van der Waals surface area contributed by atoms with Crippen LogP contribution >= 0.6 is 40.5 Å². The van der Waals surface area contributed by atoms with E-state index in [4.69, 9.17) is 14.6 Å². The maximum absolute atomic E-state index is 13.5. The van der Waals surface area contributed by atoms with Gasteiger partial charge in [0.05, 0.1) is 49.2 Å². The second-order valence-electron chi connectivity index (χ2n) is 14.3. The standard InChI is InChI=1S/C40H48N8O6.CH4.3H2S/c1-24(2)34(42-23-54-53-6)38(49)48-20-8-10-33(48)37-43-29-18-15-27(21-30(29)44-37)12-11-26-13-16-28(17-14-26)31-22-41-36(45-31)32-9-7-19-47(32)39(50)35(25(3)4)46-40(51)52-5;;;;/h13-18,21-25,32-35H,7-10,19-20H2,1-6H3,(H,41,45)(H,43,44)(H,46,51);1H4;3*1H2/t32-,33-,34-,35+;;;;/m0..../s1. The molecule has 0 spiro atoms. The number of rotatable bonds is 11. The predicted molar refractivity (Wildman–Crippen MR) is 241 cm³/mol. The molecule has 14 nitrogen and oxygen atoms in total. The number of nitrogens with zero attached hydrogens (tertiary/aromatic N) is 5. The second-order valence-corrected chi connectivity index (χ2v) is 14.3. The molecule has 0 bridgehead atoms. The Bertz CT molecular complexity index is 2060. The summed E-state index contributed by atoms with van der Waals surface area (Å²) in [5, 5.41) is 2.69. The number of hydrogen-bond donors (Lipinski definition) is 3. The summed E-state index contributed by atoms with van der Waals surface area (Å²) in [5.41, 5.74) is 5.15. The van der Waals surface area contributed by atoms with Gasteiger partial charge >= 0.3 is 6.09 Å². The molecule has 0 aliphatic carbocycles. The Labute approximate surface area is 361 Å². The Balaban J connectivity index is 0.00000290. The maximum atomic E-state index is 13.5. The zero-order valence-electron chi connectivity index (χ0n) is 33.1. The molecular weight excluding hydrogens is 797 g/mol. The third-order valence-electron chi connectivity index (χ3n) is 9.98. The van der Waals surface area contributed by atoms with Crippen molar-refractivity contribution in [2.24, 2.45) is 16.8 Å². The van der Waals surface area contributed by atoms with Crippen LogP contribution in [-0.2, 0) is 24.1 Å². The summed E-state index contributed by atoms with van der Waals surface area (Å²) in [6.45, 7) is 8.94. The zero-order chi connectivity index (χ0) is 38.4. The summed E-state index contributed by atoms with van der Waals surface area (Å²) in [6, 6.07) is 12.1. The van der Waals surface area contributed by atoms with Gasteiger partial charge in [0.15, 0.2) is 0 Å². The lowest BCUT2D eigenvalue weighted by atomic mass is 10.0. The minimum atomic E-state index is -0.688. The minimum absolute atomic E-state index is 0. The molecule has 0 radical (unpaired) electrons. The smallest absolute Gasteiger partial charge is 0.407 e. The van der Waals surface area contributed by atoms with Crippen molar-refractivity contribution in [1.29, 1.82) is 0 Å². The molecule has 316 valence electrons. The summed E-state index contributed by atoms with van der Waals surface area (Å²) < 4.78 is 4.75. The van der Waals surface area contributed by atoms with Crippen molar-refractivity contribution in [3.8, 4) is 23.1 Å². The number of aliphatic imine (C=N–C) groups is 1. The molecule has 6 rings (SSSR count). The van der Waals surface area contributed by atoms with E-state index in [1.165, 1.54) is 20.6 Å². The summed E-state index contributed by atoms with van der Waals surface area (Å²) in [4.78, 5) is 72.7. The van der Waals surface area contributed by atoms with Crippen molar-refractivity contribution in [2.45, 2.75) is 85.0 Å². The predicted octanol–water partition coefficient (Wildman–Crippen LogP) is 6.67. The number of ether oxygens (including phenoxy) is 1. The number of fused-ring (bicyclic) bond motifs is 1. The second kappa shape index (κ2) is 22.5. The van der Waals surface area contributed by atoms with E-state index >= 15 is 0 Å². The van der Waals surface area contributed by atoms with E-state index in [9.17, 15) is 14.4 Å². The Morgan fingerprint density at radius 2 is 1.48 bits per heavy atom. The molecule has 2 aromatic heterocycles. The number of aromatic amines is 2. The van der Waals surface area contributed by atoms with Gasteiger partial charge < -0.3 is 34.7 Å². The lowest BCUT2D eigenvalue weighted by molar-refractivity contribution is -0.188. The molecule has 3 N–H and O–H groups in total. The van der Waals surface area contributed by atoms with Gasteiger partial charge in [-0.05, 0) is 73.4 Å². The van der Waals surface area contributed by atoms with Crippen molar-refractivity contribution >= 4 is 75.8 Å². The molecule has 58 heavy (non-hydrogen) atoms. The van der Waals surface area contributed by atoms with Crippen LogP contribution in [0.15, 0.2) is 53.7 Å². The van der Waals surface area contributed by atoms with Crippen LogP contribution in [0.2, 0.25) is 0 Å². The number of carbonyl (C=O) groups is 3. The first-order valence-electron chi connectivity index (χ1n) is 18.4. The number of methoxy groups -OCH3 is 1. The monoisotopic (exact) mass is 854 g/mol. The molecule has 0 unspecified atom stereocenters. The van der Waals surface area contributed by atoms with Gasteiger partial charge in [-0.2, -0.15) is 45.4 Å². The summed E-state index contributed by atoms with van der Waals surface area (Å²) in [7, 11) is 2.68. The van der Waals surface area contributed by atoms with Gasteiger partial charge in [0.25, 0.3) is 0 Å². The zero-order valence-corrected chi connectivity index (χ0v) is 36.1. The van der Waals surface area contributed by atoms with Gasteiger partial charge in [0, 0.05) is 24.2 Å². The van der Waals surface area contributed by atoms with Crippen LogP contribution in [0.5, 0.6) is 0 Å². The fourth-order valence-electron chi connectivity index (χ4n) is 7.13. The third-order valence-corrected chi connectivity index (χ3v) is 9.98. The van der Waals surface area contributed by atoms with Crippen molar-refractivity contribution in [3.63, 3.8) is 0 Å². The molecule has 2 aromatic carbocycles. The van der Waals surface area contributed by atoms with Crippen LogP contribution in [0, 0.1) is 23.7 Å². The Hall–Kier alpha value is -4.63. The molecule has 17 heteroatoms. The summed E-state index contributed by atoms with van der Waals surface area (Å²) in [5.74, 6) is 7.66. The highest BCUT2D eigenvalue weighted by Crippen LogP contribution is 2.34. The normalized spacial score (nSPS) is 17.0. The Morgan fingerprint density at radius 3 is 2.10 bits per heavy atom. The highest BCUT2D eigenvalue weighted by Gasteiger charge is 2.38. The van der Waals surface area contributed by atoms with Crippen LogP contribution in [0.1, 0.15) is 95.7 Å². The third kappa shape index (κ3) is 11.3. The van der Waals surface area contributed by atoms with Crippen molar-refractivity contribution < 1.29 is 28.9 Å². The molecule has 0 saturated carbocycles. The molecule has 4 aromatic rings. The Kier molecular flexibility index (Phi) is 19.2. The van der Waals surface area contributed by atoms with E-state index in [-0.39, 0.29) is 83.6 Å². The number of imidazole rings is 2. The number of H-pyrrole nitrogens is 2. The number of amides is 3. The molecule has 4 heterocycles. The number of aromatic nitrogens is 4. The number of carbonyl (C=O) groups excluding carboxylic acids is 3. The number of benzene rings is 2. The van der Waals surface area contributed by atoms with Crippen molar-refractivity contribution in [3.05, 3.63) is 71.4 Å². The van der Waals surface area contributed by atoms with Gasteiger partial charge in [-0.15, -0.1) is 0 Å². The molecule has 2 saturated heterocycles. The van der Waals surface area contributed by atoms with Crippen molar-refractivity contribution in [2.75, 3.05) is 27.3 Å². The molecule has 2 aliphatic heterocycles. The van der Waals surface area contributed by atoms with Crippen LogP contribution in [-0.4, -0.2) is 93.4 Å². The highest BCUT2D eigenvalue weighted by molar-refractivity contribution is 7.59. The van der Waals surface area contributed by atoms with Gasteiger partial charge in [-0.3, -0.25) is 9.59 Å². The van der Waals surface area contributed by atoms with Crippen molar-refractivity contribution in [1.82, 2.24) is 35.1 Å². The highest BCUT2D eigenvalue weighted by atomic mass is 32.1. The topological polar surface area (TPSA) is 167 Å². The number of likely N-dealkylation sites (tertiary alicyclic amines) is 2. The minimum Gasteiger partial charge on any atom is -0.453 e. The SMILES string of the molecule is C.COOC=N[C@H](C(=O)N1CCC[C@H]1c1nc2ccc(C#Cc3ccc(-c4cnc([C@@H]5CCCN5C(=O)[C@H](NC(=O)OC)C(C)C)[nH]4)cc3)cc2[nH]1)C(C)C.S.S.S. The van der Waals surface area contributed by atoms with E-state index < -0.39 is 18.2 Å². The van der Waals surface area contributed by atoms with Crippen LogP contribution in [0.3, 0.4) is 0 Å². The lowest BCUT2D eigenvalue weighted by Gasteiger charge is -2.30. The quantitative estimate of drug-likeness (QED) is 0.0495. The molecule has 2 aliphatic rings. The van der Waals surface area contributed by atoms with Gasteiger partial charge in [0.2, 0.25) is 18.2 Å². The molecule has 2 fully saturated rings. The van der Waals surface area contributed by atoms with Crippen LogP contribution in [0.4, 0.5) is 4.79 Å². The van der Waals surface area contributed by atoms with Gasteiger partial charge in [-0.1, -0.05) is 59.1 Å². The molecular formula is C41H58N8O6S3. The number of nitrogens with one attached hydrogen (secondary N) is 3. The molecule has 4 atom stereocenters. The fraction of sp³-hybridized carbons (Fsp3) is 0.463. The van der Waals surface area contributed by atoms with E-state index in [1.54, 1.807) is 11.1 Å². The van der Waals surface area contributed by atoms with E-state index in [0.29, 0.717) is 18.9 Å². The fourth-order valence-corrected chi connectivity index (χ4v) is 7.13. The average molecular weight is 855 g/mol. The van der Waals surface area contributed by atoms with E-state index in [0.717, 1.165) is 64.9 Å². The largest absolute Gasteiger partial charge is 0.453 e. The van der Waals surface area contributed by atoms with Gasteiger partial charge in [0.1, 0.15) is 23.7 Å². The first-order chi connectivity index (χ1) is 26.1. The van der Waals surface area contributed by atoms with Crippen LogP contribution in [0.25, 0.3) is 22.3 Å². The lowest BCUT2D eigenvalue weighted by Crippen LogP contribution is -2.51. The summed E-state index contributed by atoms with van der Waals surface area (Å²) >= 11 is 0. The van der Waals surface area contributed by atoms with E-state index in [2.05, 4.69) is 42.0 Å². The first kappa shape index (κ1) is 49.5.